The first-order chi connectivity index (χ1) is 15.9. The molecular formula is C31H19N. The van der Waals surface area contributed by atoms with Crippen molar-refractivity contribution in [1.82, 2.24) is 0 Å². The minimum atomic E-state index is 0.707. The predicted molar refractivity (Wildman–Crippen MR) is 135 cm³/mol. The Balaban J connectivity index is 1.84. The average Bonchev–Trinajstić information content (AvgIpc) is 2.87. The molecule has 0 aliphatic rings. The third kappa shape index (κ3) is 2.71. The molecule has 0 radical (unpaired) electrons. The first-order valence-corrected chi connectivity index (χ1v) is 10.8. The van der Waals surface area contributed by atoms with Crippen LogP contribution < -0.4 is 0 Å². The van der Waals surface area contributed by atoms with E-state index in [2.05, 4.69) is 103 Å². The number of rotatable bonds is 2. The Labute approximate surface area is 186 Å². The van der Waals surface area contributed by atoms with E-state index < -0.39 is 0 Å². The SMILES string of the molecule is N#Cc1ccc(-c2c3ccccc3c(-c3ccccc3)c3ccccc23)c2ccccc12. The minimum Gasteiger partial charge on any atom is -0.192 e. The molecule has 0 aliphatic heterocycles. The van der Waals surface area contributed by atoms with Gasteiger partial charge in [-0.05, 0) is 55.3 Å². The fourth-order valence-electron chi connectivity index (χ4n) is 4.95. The maximum atomic E-state index is 9.65. The third-order valence-corrected chi connectivity index (χ3v) is 6.31. The van der Waals surface area contributed by atoms with Crippen molar-refractivity contribution in [3.8, 4) is 28.3 Å². The van der Waals surface area contributed by atoms with Gasteiger partial charge >= 0.3 is 0 Å². The van der Waals surface area contributed by atoms with Gasteiger partial charge in [-0.15, -0.1) is 0 Å². The summed E-state index contributed by atoms with van der Waals surface area (Å²) in [5, 5.41) is 16.7. The first kappa shape index (κ1) is 18.4. The van der Waals surface area contributed by atoms with E-state index in [1.165, 1.54) is 38.2 Å². The van der Waals surface area contributed by atoms with Gasteiger partial charge in [0, 0.05) is 5.39 Å². The topological polar surface area (TPSA) is 23.8 Å². The Morgan fingerprint density at radius 2 is 0.875 bits per heavy atom. The summed E-state index contributed by atoms with van der Waals surface area (Å²) in [7, 11) is 0. The molecule has 0 fully saturated rings. The summed E-state index contributed by atoms with van der Waals surface area (Å²) < 4.78 is 0. The molecular weight excluding hydrogens is 386 g/mol. The van der Waals surface area contributed by atoms with Crippen LogP contribution in [0.2, 0.25) is 0 Å². The molecule has 0 N–H and O–H groups in total. The van der Waals surface area contributed by atoms with Gasteiger partial charge in [-0.1, -0.05) is 109 Å². The van der Waals surface area contributed by atoms with Crippen LogP contribution in [-0.2, 0) is 0 Å². The highest BCUT2D eigenvalue weighted by atomic mass is 14.3. The Kier molecular flexibility index (Phi) is 4.23. The summed E-state index contributed by atoms with van der Waals surface area (Å²) in [5.74, 6) is 0. The lowest BCUT2D eigenvalue weighted by atomic mass is 9.84. The minimum absolute atomic E-state index is 0.707. The van der Waals surface area contributed by atoms with Gasteiger partial charge in [0.05, 0.1) is 11.6 Å². The molecule has 0 heterocycles. The molecule has 0 saturated carbocycles. The molecule has 6 rings (SSSR count). The van der Waals surface area contributed by atoms with E-state index in [0.717, 1.165) is 16.3 Å². The number of fused-ring (bicyclic) bond motifs is 3. The largest absolute Gasteiger partial charge is 0.192 e. The zero-order chi connectivity index (χ0) is 21.5. The van der Waals surface area contributed by atoms with Gasteiger partial charge in [0.15, 0.2) is 0 Å². The summed E-state index contributed by atoms with van der Waals surface area (Å²) in [6.45, 7) is 0. The highest BCUT2D eigenvalue weighted by Gasteiger charge is 2.18. The van der Waals surface area contributed by atoms with Crippen molar-refractivity contribution in [2.75, 3.05) is 0 Å². The maximum absolute atomic E-state index is 9.65. The second-order valence-corrected chi connectivity index (χ2v) is 8.03. The van der Waals surface area contributed by atoms with Crippen LogP contribution in [0.1, 0.15) is 5.56 Å². The van der Waals surface area contributed by atoms with Gasteiger partial charge in [-0.25, -0.2) is 0 Å². The van der Waals surface area contributed by atoms with Crippen LogP contribution >= 0.6 is 0 Å². The quantitative estimate of drug-likeness (QED) is 0.266. The summed E-state index contributed by atoms with van der Waals surface area (Å²) in [6, 6.07) is 42.6. The first-order valence-electron chi connectivity index (χ1n) is 10.8. The standard InChI is InChI=1S/C31H19N/c32-20-22-18-19-29(24-13-5-4-12-23(22)24)31-27-16-8-6-14-25(27)30(21-10-2-1-3-11-21)26-15-7-9-17-28(26)31/h1-19H. The van der Waals surface area contributed by atoms with Crippen molar-refractivity contribution in [3.63, 3.8) is 0 Å². The highest BCUT2D eigenvalue weighted by Crippen LogP contribution is 2.45. The van der Waals surface area contributed by atoms with Crippen LogP contribution in [0.25, 0.3) is 54.6 Å². The van der Waals surface area contributed by atoms with E-state index in [1.807, 2.05) is 18.2 Å². The van der Waals surface area contributed by atoms with Gasteiger partial charge in [0.2, 0.25) is 0 Å². The lowest BCUT2D eigenvalue weighted by Gasteiger charge is -2.19. The molecule has 1 nitrogen and oxygen atoms in total. The van der Waals surface area contributed by atoms with Crippen molar-refractivity contribution in [1.29, 1.82) is 5.26 Å². The van der Waals surface area contributed by atoms with Gasteiger partial charge in [0.25, 0.3) is 0 Å². The van der Waals surface area contributed by atoms with E-state index in [4.69, 9.17) is 0 Å². The van der Waals surface area contributed by atoms with E-state index in [1.54, 1.807) is 0 Å². The molecule has 0 amide bonds. The molecule has 0 spiro atoms. The predicted octanol–water partition coefficient (Wildman–Crippen LogP) is 8.35. The zero-order valence-electron chi connectivity index (χ0n) is 17.4. The summed E-state index contributed by atoms with van der Waals surface area (Å²) in [6.07, 6.45) is 0. The van der Waals surface area contributed by atoms with E-state index >= 15 is 0 Å². The summed E-state index contributed by atoms with van der Waals surface area (Å²) >= 11 is 0. The van der Waals surface area contributed by atoms with E-state index in [-0.39, 0.29) is 0 Å². The van der Waals surface area contributed by atoms with Crippen LogP contribution in [0.15, 0.2) is 115 Å². The number of nitrogens with zero attached hydrogens (tertiary/aromatic N) is 1. The number of hydrogen-bond donors (Lipinski definition) is 0. The molecule has 0 aliphatic carbocycles. The van der Waals surface area contributed by atoms with Crippen LogP contribution in [0.4, 0.5) is 0 Å². The lowest BCUT2D eigenvalue weighted by Crippen LogP contribution is -1.92. The second kappa shape index (κ2) is 7.38. The Morgan fingerprint density at radius 1 is 0.406 bits per heavy atom. The molecule has 1 heteroatoms. The maximum Gasteiger partial charge on any atom is 0.0998 e. The van der Waals surface area contributed by atoms with Gasteiger partial charge in [0.1, 0.15) is 0 Å². The molecule has 0 saturated heterocycles. The van der Waals surface area contributed by atoms with Crippen molar-refractivity contribution >= 4 is 32.3 Å². The van der Waals surface area contributed by atoms with Crippen LogP contribution in [-0.4, -0.2) is 0 Å². The molecule has 6 aromatic rings. The van der Waals surface area contributed by atoms with E-state index in [0.29, 0.717) is 5.56 Å². The summed E-state index contributed by atoms with van der Waals surface area (Å²) in [5.41, 5.74) is 5.57. The van der Waals surface area contributed by atoms with Gasteiger partial charge in [-0.3, -0.25) is 0 Å². The van der Waals surface area contributed by atoms with Crippen LogP contribution in [0.3, 0.4) is 0 Å². The van der Waals surface area contributed by atoms with Crippen molar-refractivity contribution in [2.24, 2.45) is 0 Å². The van der Waals surface area contributed by atoms with Crippen molar-refractivity contribution in [3.05, 3.63) is 121 Å². The number of nitriles is 1. The normalized spacial score (nSPS) is 11.1. The molecule has 6 aromatic carbocycles. The average molecular weight is 406 g/mol. The fraction of sp³-hybridized carbons (Fsp3) is 0. The van der Waals surface area contributed by atoms with E-state index in [9.17, 15) is 5.26 Å². The van der Waals surface area contributed by atoms with Gasteiger partial charge < -0.3 is 0 Å². The molecule has 0 aromatic heterocycles. The van der Waals surface area contributed by atoms with Crippen LogP contribution in [0.5, 0.6) is 0 Å². The van der Waals surface area contributed by atoms with Gasteiger partial charge in [-0.2, -0.15) is 5.26 Å². The Hall–Kier alpha value is -4.41. The second-order valence-electron chi connectivity index (χ2n) is 8.03. The van der Waals surface area contributed by atoms with Crippen molar-refractivity contribution < 1.29 is 0 Å². The molecule has 0 bridgehead atoms. The third-order valence-electron chi connectivity index (χ3n) is 6.31. The summed E-state index contributed by atoms with van der Waals surface area (Å²) in [4.78, 5) is 0. The number of benzene rings is 6. The number of hydrogen-bond acceptors (Lipinski definition) is 1. The molecule has 148 valence electrons. The smallest absolute Gasteiger partial charge is 0.0998 e. The molecule has 0 unspecified atom stereocenters. The van der Waals surface area contributed by atoms with Crippen LogP contribution in [0, 0.1) is 11.3 Å². The Bertz CT molecular complexity index is 1610. The highest BCUT2D eigenvalue weighted by molar-refractivity contribution is 6.23. The molecule has 0 atom stereocenters. The van der Waals surface area contributed by atoms with Crippen molar-refractivity contribution in [2.45, 2.75) is 0 Å². The zero-order valence-corrected chi connectivity index (χ0v) is 17.4. The monoisotopic (exact) mass is 405 g/mol. The Morgan fingerprint density at radius 3 is 1.44 bits per heavy atom. The lowest BCUT2D eigenvalue weighted by molar-refractivity contribution is 1.50. The molecule has 32 heavy (non-hydrogen) atoms. The fourth-order valence-corrected chi connectivity index (χ4v) is 4.95.